The van der Waals surface area contributed by atoms with Crippen LogP contribution in [-0.2, 0) is 6.54 Å². The number of methoxy groups -OCH3 is 1. The lowest BCUT2D eigenvalue weighted by atomic mass is 10.2. The lowest BCUT2D eigenvalue weighted by molar-refractivity contribution is -0.274. The summed E-state index contributed by atoms with van der Waals surface area (Å²) in [6.07, 6.45) is -4.94. The van der Waals surface area contributed by atoms with Crippen LogP contribution in [0, 0.1) is 0 Å². The molecule has 1 aromatic heterocycles. The van der Waals surface area contributed by atoms with Crippen LogP contribution < -0.4 is 14.2 Å². The minimum atomic E-state index is -4.94. The molecule has 3 aromatic rings. The highest BCUT2D eigenvalue weighted by Crippen LogP contribution is 2.33. The average Bonchev–Trinajstić information content (AvgIpc) is 3.03. The van der Waals surface area contributed by atoms with E-state index in [9.17, 15) is 23.1 Å². The van der Waals surface area contributed by atoms with Gasteiger partial charge in [0, 0.05) is 11.1 Å². The van der Waals surface area contributed by atoms with Gasteiger partial charge in [0.15, 0.2) is 0 Å². The predicted octanol–water partition coefficient (Wildman–Crippen LogP) is 4.38. The molecule has 12 heteroatoms. The fourth-order valence-electron chi connectivity index (χ4n) is 2.45. The molecule has 0 bridgehead atoms. The molecule has 1 N–H and O–H groups in total. The van der Waals surface area contributed by atoms with Crippen LogP contribution in [0.3, 0.4) is 0 Å². The molecule has 0 amide bonds. The van der Waals surface area contributed by atoms with Crippen molar-refractivity contribution in [3.63, 3.8) is 0 Å². The first-order valence-corrected chi connectivity index (χ1v) is 8.56. The molecule has 0 saturated carbocycles. The molecule has 0 aliphatic rings. The SMILES string of the molecule is COc1ccc(Cn2nnc(C(=O)O)c2Oc2cc(Cl)cc(OC(F)(F)F)c2)cc1. The Morgan fingerprint density at radius 2 is 1.80 bits per heavy atom. The van der Waals surface area contributed by atoms with E-state index in [0.717, 1.165) is 22.4 Å². The van der Waals surface area contributed by atoms with E-state index >= 15 is 0 Å². The third-order valence-electron chi connectivity index (χ3n) is 3.68. The summed E-state index contributed by atoms with van der Waals surface area (Å²) in [7, 11) is 1.51. The van der Waals surface area contributed by atoms with E-state index in [0.29, 0.717) is 5.75 Å². The number of halogens is 4. The molecule has 30 heavy (non-hydrogen) atoms. The number of carboxylic acids is 1. The van der Waals surface area contributed by atoms with Gasteiger partial charge in [-0.05, 0) is 29.8 Å². The van der Waals surface area contributed by atoms with Crippen molar-refractivity contribution in [3.8, 4) is 23.1 Å². The van der Waals surface area contributed by atoms with Crippen molar-refractivity contribution < 1.29 is 37.3 Å². The zero-order valence-electron chi connectivity index (χ0n) is 15.2. The van der Waals surface area contributed by atoms with Gasteiger partial charge < -0.3 is 19.3 Å². The molecule has 158 valence electrons. The third kappa shape index (κ3) is 5.32. The number of carboxylic acid groups (broad SMARTS) is 1. The molecule has 0 fully saturated rings. The fourth-order valence-corrected chi connectivity index (χ4v) is 2.66. The summed E-state index contributed by atoms with van der Waals surface area (Å²) in [5.74, 6) is -1.92. The van der Waals surface area contributed by atoms with Gasteiger partial charge in [-0.15, -0.1) is 18.3 Å². The Kier molecular flexibility index (Phi) is 6.01. The number of carbonyl (C=O) groups is 1. The average molecular weight is 444 g/mol. The van der Waals surface area contributed by atoms with Crippen molar-refractivity contribution in [1.82, 2.24) is 15.0 Å². The molecule has 1 heterocycles. The van der Waals surface area contributed by atoms with E-state index < -0.39 is 23.8 Å². The Balaban J connectivity index is 1.93. The van der Waals surface area contributed by atoms with Crippen molar-refractivity contribution in [2.75, 3.05) is 7.11 Å². The second-order valence-corrected chi connectivity index (χ2v) is 6.26. The highest BCUT2D eigenvalue weighted by atomic mass is 35.5. The van der Waals surface area contributed by atoms with Crippen LogP contribution in [0.25, 0.3) is 0 Å². The molecule has 2 aromatic carbocycles. The Morgan fingerprint density at radius 1 is 1.13 bits per heavy atom. The second-order valence-electron chi connectivity index (χ2n) is 5.83. The Bertz CT molecular complexity index is 1050. The minimum Gasteiger partial charge on any atom is -0.497 e. The minimum absolute atomic E-state index is 0.0755. The molecular weight excluding hydrogens is 431 g/mol. The number of aromatic nitrogens is 3. The van der Waals surface area contributed by atoms with E-state index in [1.54, 1.807) is 24.3 Å². The van der Waals surface area contributed by atoms with Crippen molar-refractivity contribution in [2.45, 2.75) is 12.9 Å². The lowest BCUT2D eigenvalue weighted by Crippen LogP contribution is -2.17. The molecule has 0 spiro atoms. The molecule has 8 nitrogen and oxygen atoms in total. The van der Waals surface area contributed by atoms with Crippen LogP contribution in [0.15, 0.2) is 42.5 Å². The zero-order chi connectivity index (χ0) is 21.9. The maximum Gasteiger partial charge on any atom is 0.573 e. The maximum atomic E-state index is 12.5. The number of aromatic carboxylic acids is 1. The highest BCUT2D eigenvalue weighted by Gasteiger charge is 2.31. The summed E-state index contributed by atoms with van der Waals surface area (Å²) >= 11 is 5.83. The van der Waals surface area contributed by atoms with E-state index in [1.807, 2.05) is 0 Å². The molecule has 0 aliphatic heterocycles. The van der Waals surface area contributed by atoms with Crippen LogP contribution >= 0.6 is 11.6 Å². The maximum absolute atomic E-state index is 12.5. The van der Waals surface area contributed by atoms with Gasteiger partial charge >= 0.3 is 12.3 Å². The summed E-state index contributed by atoms with van der Waals surface area (Å²) < 4.78 is 53.0. The monoisotopic (exact) mass is 443 g/mol. The highest BCUT2D eigenvalue weighted by molar-refractivity contribution is 6.30. The van der Waals surface area contributed by atoms with Crippen LogP contribution in [0.1, 0.15) is 16.1 Å². The van der Waals surface area contributed by atoms with Crippen LogP contribution in [-0.4, -0.2) is 39.5 Å². The number of ether oxygens (including phenoxy) is 3. The first-order chi connectivity index (χ1) is 14.1. The van der Waals surface area contributed by atoms with Crippen molar-refractivity contribution in [3.05, 3.63) is 58.7 Å². The van der Waals surface area contributed by atoms with Crippen LogP contribution in [0.5, 0.6) is 23.1 Å². The van der Waals surface area contributed by atoms with Gasteiger partial charge in [-0.3, -0.25) is 0 Å². The predicted molar refractivity (Wildman–Crippen MR) is 97.3 cm³/mol. The number of alkyl halides is 3. The van der Waals surface area contributed by atoms with Gasteiger partial charge in [0.25, 0.3) is 5.88 Å². The topological polar surface area (TPSA) is 95.7 Å². The summed E-state index contributed by atoms with van der Waals surface area (Å²) in [6, 6.07) is 9.88. The van der Waals surface area contributed by atoms with Crippen molar-refractivity contribution in [2.24, 2.45) is 0 Å². The van der Waals surface area contributed by atoms with E-state index in [1.165, 1.54) is 13.2 Å². The molecule has 0 radical (unpaired) electrons. The standard InChI is InChI=1S/C18H13ClF3N3O5/c1-28-12-4-2-10(3-5-12)9-25-16(15(17(26)27)23-24-25)29-13-6-11(19)7-14(8-13)30-18(20,21)22/h2-8H,9H2,1H3,(H,26,27). The first kappa shape index (κ1) is 21.2. The quantitative estimate of drug-likeness (QED) is 0.579. The van der Waals surface area contributed by atoms with Gasteiger partial charge in [-0.2, -0.15) is 0 Å². The van der Waals surface area contributed by atoms with Gasteiger partial charge in [-0.1, -0.05) is 28.9 Å². The number of nitrogens with zero attached hydrogens (tertiary/aromatic N) is 3. The summed E-state index contributed by atoms with van der Waals surface area (Å²) in [5.41, 5.74) is 0.191. The van der Waals surface area contributed by atoms with Gasteiger partial charge in [-0.25, -0.2) is 9.48 Å². The Morgan fingerprint density at radius 3 is 2.40 bits per heavy atom. The first-order valence-electron chi connectivity index (χ1n) is 8.18. The number of benzene rings is 2. The van der Waals surface area contributed by atoms with E-state index in [2.05, 4.69) is 15.0 Å². The summed E-state index contributed by atoms with van der Waals surface area (Å²) in [6.45, 7) is 0.0755. The van der Waals surface area contributed by atoms with Crippen LogP contribution in [0.2, 0.25) is 5.02 Å². The Hall–Kier alpha value is -3.47. The largest absolute Gasteiger partial charge is 0.573 e. The third-order valence-corrected chi connectivity index (χ3v) is 3.89. The summed E-state index contributed by atoms with van der Waals surface area (Å²) in [5, 5.41) is 16.6. The fraction of sp³-hybridized carbons (Fsp3) is 0.167. The van der Waals surface area contributed by atoms with E-state index in [4.69, 9.17) is 21.1 Å². The number of rotatable bonds is 7. The van der Waals surface area contributed by atoms with Crippen molar-refractivity contribution in [1.29, 1.82) is 0 Å². The number of hydrogen-bond donors (Lipinski definition) is 1. The van der Waals surface area contributed by atoms with E-state index in [-0.39, 0.29) is 23.2 Å². The zero-order valence-corrected chi connectivity index (χ0v) is 15.9. The van der Waals surface area contributed by atoms with Gasteiger partial charge in [0.2, 0.25) is 5.69 Å². The molecule has 0 unspecified atom stereocenters. The molecule has 0 aliphatic carbocycles. The second kappa shape index (κ2) is 8.49. The summed E-state index contributed by atoms with van der Waals surface area (Å²) in [4.78, 5) is 11.5. The number of hydrogen-bond acceptors (Lipinski definition) is 6. The molecule has 0 atom stereocenters. The van der Waals surface area contributed by atoms with Gasteiger partial charge in [0.05, 0.1) is 13.7 Å². The molecule has 0 saturated heterocycles. The lowest BCUT2D eigenvalue weighted by Gasteiger charge is -2.12. The van der Waals surface area contributed by atoms with Crippen molar-refractivity contribution >= 4 is 17.6 Å². The molecule has 3 rings (SSSR count). The van der Waals surface area contributed by atoms with Gasteiger partial charge in [0.1, 0.15) is 17.2 Å². The Labute approximate surface area is 172 Å². The van der Waals surface area contributed by atoms with Crippen LogP contribution in [0.4, 0.5) is 13.2 Å². The normalized spacial score (nSPS) is 11.2. The molecular formula is C18H13ClF3N3O5. The smallest absolute Gasteiger partial charge is 0.497 e.